The summed E-state index contributed by atoms with van der Waals surface area (Å²) in [6.07, 6.45) is 0. The fourth-order valence-corrected chi connectivity index (χ4v) is 23.0. The number of anilines is 15. The molecule has 23 rings (SSSR count). The van der Waals surface area contributed by atoms with Crippen molar-refractivity contribution in [1.82, 2.24) is 0 Å². The van der Waals surface area contributed by atoms with Crippen LogP contribution in [0.2, 0.25) is 0 Å². The minimum absolute atomic E-state index is 0.0929. The second-order valence-electron chi connectivity index (χ2n) is 49.0. The third-order valence-corrected chi connectivity index (χ3v) is 31.0. The van der Waals surface area contributed by atoms with E-state index in [0.29, 0.717) is 5.56 Å². The van der Waals surface area contributed by atoms with Gasteiger partial charge >= 0.3 is 5.97 Å². The molecule has 0 N–H and O–H groups in total. The number of fused-ring (bicyclic) bond motifs is 10. The highest BCUT2D eigenvalue weighted by molar-refractivity contribution is 7.06. The first-order valence-electron chi connectivity index (χ1n) is 50.8. The number of carbonyl (C=O) groups is 1. The Kier molecular flexibility index (Phi) is 20.6. The lowest BCUT2D eigenvalue weighted by molar-refractivity contribution is 0.0472. The Labute approximate surface area is 836 Å². The van der Waals surface area contributed by atoms with Crippen LogP contribution in [-0.4, -0.2) is 26.1 Å². The van der Waals surface area contributed by atoms with Crippen LogP contribution in [0.25, 0.3) is 44.5 Å². The summed E-state index contributed by atoms with van der Waals surface area (Å²) in [7, 11) is 0. The summed E-state index contributed by atoms with van der Waals surface area (Å²) in [4.78, 5) is 29.7. The molecule has 0 saturated carbocycles. The molecule has 0 bridgehead atoms. The zero-order valence-electron chi connectivity index (χ0n) is 86.4. The molecular weight excluding hydrogens is 1710 g/mol. The molecule has 0 atom stereocenters. The van der Waals surface area contributed by atoms with Gasteiger partial charge in [-0.05, 0) is 284 Å². The Balaban J connectivity index is 0.922. The Morgan fingerprint density at radius 1 is 0.234 bits per heavy atom. The molecule has 16 aromatic rings. The SMILES string of the molecule is CC(C)(C)c1cc(N2c3ccc(-c4ccccc4)cc3B3c4cc5c(cc4N(c4cc(C(C)(C)C)cc(C(C)(C)C)c4)c4cc(C(=O)OCc6ccccc6)cc2c43)N(c2cc(C(C)(C)C)cc(C(C)(C)C)c2)c2cc3c4c6c2B5c2cc(-c5ccccc5)cc5c2N6c2c(cc(-c6ccccc6)cc2B4c2cc(-c4ccccc4)ccc2N3c2cc(C(C)(C)C)cc(C(C)(C)C)c2)O5)cc(C(C)(C)C)c1. The molecular formula is C130H126B3N5O3. The van der Waals surface area contributed by atoms with Gasteiger partial charge in [-0.3, -0.25) is 0 Å². The van der Waals surface area contributed by atoms with E-state index in [1.165, 1.54) is 77.5 Å². The molecule has 7 aliphatic heterocycles. The smallest absolute Gasteiger partial charge is 0.338 e. The average molecular weight is 1840 g/mol. The van der Waals surface area contributed by atoms with Crippen molar-refractivity contribution in [2.45, 2.75) is 216 Å². The maximum atomic E-state index is 16.4. The molecule has 0 spiro atoms. The van der Waals surface area contributed by atoms with Crippen LogP contribution < -0.4 is 78.4 Å². The van der Waals surface area contributed by atoms with Gasteiger partial charge in [0.15, 0.2) is 11.5 Å². The number of hydrogen-bond donors (Lipinski definition) is 0. The van der Waals surface area contributed by atoms with E-state index in [-0.39, 0.29) is 56.6 Å². The van der Waals surface area contributed by atoms with Crippen LogP contribution >= 0.6 is 0 Å². The molecule has 8 nitrogen and oxygen atoms in total. The molecule has 7 heterocycles. The van der Waals surface area contributed by atoms with Gasteiger partial charge in [-0.25, -0.2) is 4.79 Å². The van der Waals surface area contributed by atoms with Crippen molar-refractivity contribution in [1.29, 1.82) is 0 Å². The van der Waals surface area contributed by atoms with Crippen LogP contribution in [0.3, 0.4) is 0 Å². The molecule has 0 radical (unpaired) electrons. The van der Waals surface area contributed by atoms with Gasteiger partial charge in [0.1, 0.15) is 6.61 Å². The van der Waals surface area contributed by atoms with Gasteiger partial charge in [0.25, 0.3) is 20.1 Å². The Morgan fingerprint density at radius 3 is 0.823 bits per heavy atom. The van der Waals surface area contributed by atoms with Crippen LogP contribution in [0.4, 0.5) is 85.3 Å². The predicted molar refractivity (Wildman–Crippen MR) is 601 cm³/mol. The topological polar surface area (TPSA) is 51.7 Å². The van der Waals surface area contributed by atoms with Gasteiger partial charge in [-0.2, -0.15) is 0 Å². The number of rotatable bonds is 11. The highest BCUT2D eigenvalue weighted by Crippen LogP contribution is 2.60. The number of benzene rings is 16. The third-order valence-electron chi connectivity index (χ3n) is 31.0. The lowest BCUT2D eigenvalue weighted by atomic mass is 9.27. The normalized spacial score (nSPS) is 14.2. The summed E-state index contributed by atoms with van der Waals surface area (Å²) in [6, 6.07) is 121. The van der Waals surface area contributed by atoms with E-state index in [1.807, 2.05) is 30.3 Å². The number of hydrogen-bond acceptors (Lipinski definition) is 8. The summed E-state index contributed by atoms with van der Waals surface area (Å²) in [5, 5.41) is 0. The summed E-state index contributed by atoms with van der Waals surface area (Å²) < 4.78 is 14.9. The van der Waals surface area contributed by atoms with E-state index in [4.69, 9.17) is 9.47 Å². The quantitative estimate of drug-likeness (QED) is 0.0938. The molecule has 0 aliphatic carbocycles. The van der Waals surface area contributed by atoms with Gasteiger partial charge < -0.3 is 34.0 Å². The standard InChI is InChI=1S/C130H126B3N5O3/c1-123(2,3)88-62-89(124(4,5)6)67-96(66-88)134-106-52-50-83(79-42-32-26-33-43-79)54-100(106)131-102-74-103-109(75-108(102)136(98-70-92(127(13,14)15)64-93(71-98)128(16,17)18)111-59-87(58-110(134)116(111)131)122(139)140-77-78-40-30-25-31-41-78)137(99-72-94(129(19,20)21)65-95(73-99)130(22,23)24)113-76-112-117-121-118(113)133(103)105-57-86(82-48-38-29-39-49-82)61-115-120(105)138(121)119-104(56-85(60-114(119)141-115)81-46-36-28-37-47-81)132(117)101-55-84(80-44-34-27-35-45-80)51-53-107(101)135(112)97-68-90(125(7,8)9)63-91(69-97)126(10,11)12/h25-76H,77H2,1-24H3. The zero-order chi connectivity index (χ0) is 98.5. The van der Waals surface area contributed by atoms with E-state index < -0.39 is 19.4 Å². The molecule has 0 amide bonds. The summed E-state index contributed by atoms with van der Waals surface area (Å²) in [5.41, 5.74) is 44.2. The molecule has 7 aliphatic rings. The molecule has 141 heavy (non-hydrogen) atoms. The van der Waals surface area contributed by atoms with E-state index in [1.54, 1.807) is 0 Å². The maximum Gasteiger partial charge on any atom is 0.338 e. The highest BCUT2D eigenvalue weighted by atomic mass is 16.5. The van der Waals surface area contributed by atoms with Crippen molar-refractivity contribution >= 4 is 161 Å². The van der Waals surface area contributed by atoms with Gasteiger partial charge in [0.2, 0.25) is 0 Å². The Hall–Kier alpha value is -14.0. The van der Waals surface area contributed by atoms with Crippen LogP contribution in [0.15, 0.2) is 315 Å². The Morgan fingerprint density at radius 2 is 0.504 bits per heavy atom. The van der Waals surface area contributed by atoms with Gasteiger partial charge in [-0.1, -0.05) is 385 Å². The van der Waals surface area contributed by atoms with Gasteiger partial charge in [0.05, 0.1) is 16.9 Å². The van der Waals surface area contributed by atoms with Crippen molar-refractivity contribution in [3.8, 4) is 56.0 Å². The molecule has 0 aromatic heterocycles. The van der Waals surface area contributed by atoms with Crippen molar-refractivity contribution in [3.05, 3.63) is 371 Å². The fourth-order valence-electron chi connectivity index (χ4n) is 23.0. The van der Waals surface area contributed by atoms with Crippen LogP contribution in [-0.2, 0) is 54.7 Å². The molecule has 16 aromatic carbocycles. The number of ether oxygens (including phenoxy) is 2. The van der Waals surface area contributed by atoms with E-state index in [9.17, 15) is 0 Å². The van der Waals surface area contributed by atoms with Gasteiger partial charge in [-0.15, -0.1) is 0 Å². The van der Waals surface area contributed by atoms with Gasteiger partial charge in [0, 0.05) is 73.9 Å². The summed E-state index contributed by atoms with van der Waals surface area (Å²) in [6.45, 7) is 55.5. The molecule has 0 saturated heterocycles. The second kappa shape index (κ2) is 32.0. The van der Waals surface area contributed by atoms with E-state index >= 15 is 4.79 Å². The number of carbonyl (C=O) groups excluding carboxylic acids is 1. The molecule has 11 heteroatoms. The second-order valence-corrected chi connectivity index (χ2v) is 49.0. The fraction of sp³-hybridized carbons (Fsp3) is 0.254. The highest BCUT2D eigenvalue weighted by Gasteiger charge is 2.57. The zero-order valence-corrected chi connectivity index (χ0v) is 86.4. The minimum Gasteiger partial charge on any atom is -0.457 e. The first kappa shape index (κ1) is 90.8. The first-order valence-corrected chi connectivity index (χ1v) is 50.8. The average Bonchev–Trinajstić information content (AvgIpc) is 0.653. The summed E-state index contributed by atoms with van der Waals surface area (Å²) >= 11 is 0. The van der Waals surface area contributed by atoms with Crippen molar-refractivity contribution < 1.29 is 14.3 Å². The monoisotopic (exact) mass is 1840 g/mol. The lowest BCUT2D eigenvalue weighted by Crippen LogP contribution is -2.69. The van der Waals surface area contributed by atoms with Crippen LogP contribution in [0.5, 0.6) is 11.5 Å². The van der Waals surface area contributed by atoms with Crippen molar-refractivity contribution in [2.75, 3.05) is 24.5 Å². The van der Waals surface area contributed by atoms with Crippen molar-refractivity contribution in [2.24, 2.45) is 0 Å². The number of esters is 1. The first-order chi connectivity index (χ1) is 66.8. The summed E-state index contributed by atoms with van der Waals surface area (Å²) in [5.74, 6) is 1.21. The van der Waals surface area contributed by atoms with E-state index in [2.05, 4.69) is 476 Å². The lowest BCUT2D eigenvalue weighted by Gasteiger charge is -2.53. The minimum atomic E-state index is -0.471. The third kappa shape index (κ3) is 15.2. The van der Waals surface area contributed by atoms with Crippen LogP contribution in [0, 0.1) is 0 Å². The predicted octanol–water partition coefficient (Wildman–Crippen LogP) is 29.0. The largest absolute Gasteiger partial charge is 0.457 e. The maximum absolute atomic E-state index is 16.4. The van der Waals surface area contributed by atoms with E-state index in [0.717, 1.165) is 163 Å². The molecule has 0 unspecified atom stereocenters. The van der Waals surface area contributed by atoms with Crippen LogP contribution in [0.1, 0.15) is 227 Å². The van der Waals surface area contributed by atoms with Crippen molar-refractivity contribution in [3.63, 3.8) is 0 Å². The molecule has 0 fully saturated rings. The Bertz CT molecular complexity index is 7750. The number of nitrogens with zero attached hydrogens (tertiary/aromatic N) is 5. The molecule has 698 valence electrons.